The Morgan fingerprint density at radius 1 is 1.00 bits per heavy atom. The monoisotopic (exact) mass is 342 g/mol. The number of halogens is 1. The van der Waals surface area contributed by atoms with E-state index in [1.807, 2.05) is 54.6 Å². The van der Waals surface area contributed by atoms with Crippen LogP contribution in [0.15, 0.2) is 60.2 Å². The van der Waals surface area contributed by atoms with Crippen LogP contribution in [0.2, 0.25) is 0 Å². The average Bonchev–Trinajstić information content (AvgIpc) is 2.65. The quantitative estimate of drug-likeness (QED) is 0.410. The molecule has 0 N–H and O–H groups in total. The Bertz CT molecular complexity index is 718. The minimum Gasteiger partial charge on any atom is -0.469 e. The van der Waals surface area contributed by atoms with Gasteiger partial charge in [-0.1, -0.05) is 66.2 Å². The molecule has 0 unspecified atom stereocenters. The van der Waals surface area contributed by atoms with Gasteiger partial charge in [0.2, 0.25) is 0 Å². The van der Waals surface area contributed by atoms with Gasteiger partial charge in [0.25, 0.3) is 0 Å². The molecule has 2 rings (SSSR count). The summed E-state index contributed by atoms with van der Waals surface area (Å²) in [5.41, 5.74) is 3.49. The van der Waals surface area contributed by atoms with Gasteiger partial charge in [-0.25, -0.2) is 0 Å². The molecule has 0 saturated carbocycles. The van der Waals surface area contributed by atoms with Crippen molar-refractivity contribution in [2.75, 3.05) is 7.11 Å². The molecule has 0 aliphatic carbocycles. The summed E-state index contributed by atoms with van der Waals surface area (Å²) in [7, 11) is 1.35. The van der Waals surface area contributed by atoms with E-state index in [1.165, 1.54) is 7.11 Å². The van der Waals surface area contributed by atoms with Crippen molar-refractivity contribution in [3.63, 3.8) is 0 Å². The maximum Gasteiger partial charge on any atom is 0.305 e. The van der Waals surface area contributed by atoms with Crippen LogP contribution in [0.25, 0.3) is 16.2 Å². The molecule has 0 heterocycles. The second-order valence-corrected chi connectivity index (χ2v) is 5.71. The minimum atomic E-state index is -0.288. The number of allylic oxidation sites excluding steroid dienone is 1. The summed E-state index contributed by atoms with van der Waals surface area (Å²) in [4.78, 5) is 22.4. The van der Waals surface area contributed by atoms with E-state index in [9.17, 15) is 9.59 Å². The number of hydrogen-bond donors (Lipinski definition) is 0. The van der Waals surface area contributed by atoms with Crippen molar-refractivity contribution in [2.45, 2.75) is 19.3 Å². The molecule has 0 spiro atoms. The molecule has 24 heavy (non-hydrogen) atoms. The fourth-order valence-electron chi connectivity index (χ4n) is 2.37. The van der Waals surface area contributed by atoms with Crippen molar-refractivity contribution in [1.82, 2.24) is 0 Å². The Kier molecular flexibility index (Phi) is 6.76. The number of carbonyl (C=O) groups is 2. The van der Waals surface area contributed by atoms with Gasteiger partial charge in [-0.05, 0) is 29.5 Å². The Morgan fingerprint density at radius 2 is 1.62 bits per heavy atom. The maximum atomic E-state index is 11.3. The first-order valence-corrected chi connectivity index (χ1v) is 8.10. The molecule has 2 aromatic rings. The fourth-order valence-corrected chi connectivity index (χ4v) is 2.64. The maximum absolute atomic E-state index is 11.3. The number of methoxy groups -OCH3 is 1. The standard InChI is InChI=1S/C20H19ClO3/c1-24-19(23)9-5-8-18(14-22)20(21)17-12-10-16(11-13-17)15-6-3-2-4-7-15/h2-4,6-7,10-14H,5,8-9H2,1H3/b20-18+. The van der Waals surface area contributed by atoms with Crippen molar-refractivity contribution >= 4 is 28.9 Å². The van der Waals surface area contributed by atoms with Crippen molar-refractivity contribution in [1.29, 1.82) is 0 Å². The normalized spacial score (nSPS) is 11.6. The van der Waals surface area contributed by atoms with Gasteiger partial charge in [0.15, 0.2) is 0 Å². The fraction of sp³-hybridized carbons (Fsp3) is 0.200. The average molecular weight is 343 g/mol. The number of benzene rings is 2. The van der Waals surface area contributed by atoms with Crippen LogP contribution in [-0.2, 0) is 14.3 Å². The van der Waals surface area contributed by atoms with E-state index < -0.39 is 0 Å². The van der Waals surface area contributed by atoms with E-state index in [-0.39, 0.29) is 12.4 Å². The van der Waals surface area contributed by atoms with Crippen LogP contribution in [0.4, 0.5) is 0 Å². The third kappa shape index (κ3) is 4.80. The molecular formula is C20H19ClO3. The first-order valence-electron chi connectivity index (χ1n) is 7.72. The van der Waals surface area contributed by atoms with Crippen molar-refractivity contribution in [2.24, 2.45) is 0 Å². The summed E-state index contributed by atoms with van der Waals surface area (Å²) < 4.78 is 4.59. The molecule has 0 bridgehead atoms. The molecule has 0 fully saturated rings. The highest BCUT2D eigenvalue weighted by molar-refractivity contribution is 6.50. The molecule has 0 radical (unpaired) electrons. The molecule has 0 aliphatic rings. The van der Waals surface area contributed by atoms with Crippen LogP contribution in [0.1, 0.15) is 24.8 Å². The third-order valence-electron chi connectivity index (χ3n) is 3.72. The minimum absolute atomic E-state index is 0.269. The lowest BCUT2D eigenvalue weighted by Gasteiger charge is -2.07. The Balaban J connectivity index is 2.13. The number of carbonyl (C=O) groups excluding carboxylic acids is 2. The summed E-state index contributed by atoms with van der Waals surface area (Å²) in [5.74, 6) is -0.288. The largest absolute Gasteiger partial charge is 0.469 e. The smallest absolute Gasteiger partial charge is 0.305 e. The van der Waals surface area contributed by atoms with Gasteiger partial charge >= 0.3 is 5.97 Å². The van der Waals surface area contributed by atoms with Gasteiger partial charge < -0.3 is 4.74 Å². The van der Waals surface area contributed by atoms with Gasteiger partial charge in [0.05, 0.1) is 12.1 Å². The molecule has 4 heteroatoms. The molecule has 0 aliphatic heterocycles. The third-order valence-corrected chi connectivity index (χ3v) is 4.19. The molecule has 0 atom stereocenters. The van der Waals surface area contributed by atoms with E-state index >= 15 is 0 Å². The molecule has 0 saturated heterocycles. The lowest BCUT2D eigenvalue weighted by atomic mass is 10.0. The van der Waals surface area contributed by atoms with Crippen molar-refractivity contribution in [3.05, 3.63) is 65.7 Å². The number of hydrogen-bond acceptors (Lipinski definition) is 3. The lowest BCUT2D eigenvalue weighted by Crippen LogP contribution is -2.00. The molecule has 0 aromatic heterocycles. The van der Waals surface area contributed by atoms with E-state index in [1.54, 1.807) is 0 Å². The predicted octanol–water partition coefficient (Wildman–Crippen LogP) is 4.85. The molecular weight excluding hydrogens is 324 g/mol. The van der Waals surface area contributed by atoms with E-state index in [0.717, 1.165) is 23.0 Å². The van der Waals surface area contributed by atoms with Crippen LogP contribution in [0, 0.1) is 0 Å². The van der Waals surface area contributed by atoms with Crippen molar-refractivity contribution < 1.29 is 14.3 Å². The van der Waals surface area contributed by atoms with Crippen LogP contribution >= 0.6 is 11.6 Å². The summed E-state index contributed by atoms with van der Waals surface area (Å²) in [6, 6.07) is 17.8. The SMILES string of the molecule is COC(=O)CCC/C(C=O)=C(\Cl)c1ccc(-c2ccccc2)cc1. The molecule has 0 amide bonds. The van der Waals surface area contributed by atoms with Gasteiger partial charge in [-0.3, -0.25) is 9.59 Å². The highest BCUT2D eigenvalue weighted by Crippen LogP contribution is 2.27. The molecule has 124 valence electrons. The molecule has 3 nitrogen and oxygen atoms in total. The highest BCUT2D eigenvalue weighted by atomic mass is 35.5. The number of rotatable bonds is 7. The number of aldehydes is 1. The first kappa shape index (κ1) is 18.0. The summed E-state index contributed by atoms with van der Waals surface area (Å²) in [5, 5.41) is 0.425. The lowest BCUT2D eigenvalue weighted by molar-refractivity contribution is -0.140. The zero-order valence-electron chi connectivity index (χ0n) is 13.5. The number of ether oxygens (including phenoxy) is 1. The summed E-state index contributed by atoms with van der Waals surface area (Å²) >= 11 is 6.35. The van der Waals surface area contributed by atoms with E-state index in [2.05, 4.69) is 4.74 Å². The van der Waals surface area contributed by atoms with Crippen LogP contribution in [-0.4, -0.2) is 19.4 Å². The Labute approximate surface area is 146 Å². The summed E-state index contributed by atoms with van der Waals surface area (Å²) in [6.07, 6.45) is 1.99. The first-order chi connectivity index (χ1) is 11.7. The van der Waals surface area contributed by atoms with Gasteiger partial charge in [0, 0.05) is 12.0 Å². The Morgan fingerprint density at radius 3 is 2.21 bits per heavy atom. The predicted molar refractivity (Wildman–Crippen MR) is 96.6 cm³/mol. The topological polar surface area (TPSA) is 43.4 Å². The summed E-state index contributed by atoms with van der Waals surface area (Å²) in [6.45, 7) is 0. The second kappa shape index (κ2) is 9.04. The van der Waals surface area contributed by atoms with E-state index in [4.69, 9.17) is 11.6 Å². The second-order valence-electron chi connectivity index (χ2n) is 5.33. The van der Waals surface area contributed by atoms with Crippen LogP contribution in [0.3, 0.4) is 0 Å². The van der Waals surface area contributed by atoms with Gasteiger partial charge in [-0.2, -0.15) is 0 Å². The van der Waals surface area contributed by atoms with Gasteiger partial charge in [0.1, 0.15) is 6.29 Å². The van der Waals surface area contributed by atoms with E-state index in [0.29, 0.717) is 23.4 Å². The zero-order valence-corrected chi connectivity index (χ0v) is 14.3. The van der Waals surface area contributed by atoms with Gasteiger partial charge in [-0.15, -0.1) is 0 Å². The van der Waals surface area contributed by atoms with Crippen LogP contribution < -0.4 is 0 Å². The van der Waals surface area contributed by atoms with Crippen LogP contribution in [0.5, 0.6) is 0 Å². The van der Waals surface area contributed by atoms with Crippen molar-refractivity contribution in [3.8, 4) is 11.1 Å². The highest BCUT2D eigenvalue weighted by Gasteiger charge is 2.09. The number of esters is 1. The Hall–Kier alpha value is -2.39. The zero-order chi connectivity index (χ0) is 17.4. The molecule has 2 aromatic carbocycles.